The van der Waals surface area contributed by atoms with E-state index >= 15 is 0 Å². The number of carbonyl (C=O) groups excluding carboxylic acids is 2. The van der Waals surface area contributed by atoms with Crippen molar-refractivity contribution in [2.45, 2.75) is 60.3 Å². The number of rotatable bonds is 12. The van der Waals surface area contributed by atoms with Crippen LogP contribution in [0.2, 0.25) is 0 Å². The average Bonchev–Trinajstić information content (AvgIpc) is 2.79. The molecule has 0 spiro atoms. The number of urea groups is 1. The molecule has 0 aliphatic carbocycles. The van der Waals surface area contributed by atoms with Crippen LogP contribution >= 0.6 is 0 Å². The number of carbonyl (C=O) groups is 2. The molecule has 0 saturated carbocycles. The van der Waals surface area contributed by atoms with Gasteiger partial charge in [0.15, 0.2) is 0 Å². The highest BCUT2D eigenvalue weighted by Gasteiger charge is 2.15. The van der Waals surface area contributed by atoms with Crippen LogP contribution in [0.4, 0.5) is 21.9 Å². The van der Waals surface area contributed by atoms with Gasteiger partial charge in [-0.2, -0.15) is 0 Å². The Morgan fingerprint density at radius 1 is 0.971 bits per heavy atom. The highest BCUT2D eigenvalue weighted by atomic mass is 16.5. The zero-order valence-corrected chi connectivity index (χ0v) is 21.2. The molecule has 0 saturated heterocycles. The molecule has 0 bridgehead atoms. The van der Waals surface area contributed by atoms with Gasteiger partial charge in [0.1, 0.15) is 0 Å². The Kier molecular flexibility index (Phi) is 11.2. The number of allylic oxidation sites excluding steroid dienone is 1. The molecule has 0 aromatic heterocycles. The van der Waals surface area contributed by atoms with Gasteiger partial charge in [0.2, 0.25) is 0 Å². The molecule has 2 aromatic rings. The molecule has 2 amide bonds. The summed E-state index contributed by atoms with van der Waals surface area (Å²) >= 11 is 0. The molecule has 2 rings (SSSR count). The van der Waals surface area contributed by atoms with E-state index in [1.807, 2.05) is 56.3 Å². The predicted molar refractivity (Wildman–Crippen MR) is 143 cm³/mol. The first-order valence-electron chi connectivity index (χ1n) is 12.3. The van der Waals surface area contributed by atoms with Crippen molar-refractivity contribution in [2.75, 3.05) is 35.2 Å². The van der Waals surface area contributed by atoms with Gasteiger partial charge in [-0.15, -0.1) is 0 Å². The SMILES string of the molecule is CCCCN(CCCC)c1ccc(/C(C)=C/C(=O)OCC)cc1NC(=O)Nc1cccc(C)c1. The summed E-state index contributed by atoms with van der Waals surface area (Å²) in [6.45, 7) is 12.2. The van der Waals surface area contributed by atoms with Crippen LogP contribution in [-0.4, -0.2) is 31.7 Å². The van der Waals surface area contributed by atoms with Crippen LogP contribution in [0.15, 0.2) is 48.5 Å². The van der Waals surface area contributed by atoms with Crippen LogP contribution < -0.4 is 15.5 Å². The smallest absolute Gasteiger partial charge is 0.331 e. The molecule has 0 atom stereocenters. The Morgan fingerprint density at radius 2 is 1.68 bits per heavy atom. The topological polar surface area (TPSA) is 70.7 Å². The molecule has 0 heterocycles. The van der Waals surface area contributed by atoms with E-state index < -0.39 is 0 Å². The molecule has 0 unspecified atom stereocenters. The van der Waals surface area contributed by atoms with E-state index in [9.17, 15) is 9.59 Å². The first kappa shape index (κ1) is 27.0. The fourth-order valence-corrected chi connectivity index (χ4v) is 3.66. The van der Waals surface area contributed by atoms with Crippen LogP contribution in [0.1, 0.15) is 64.5 Å². The van der Waals surface area contributed by atoms with E-state index in [-0.39, 0.29) is 12.0 Å². The predicted octanol–water partition coefficient (Wildman–Crippen LogP) is 7.01. The van der Waals surface area contributed by atoms with Crippen molar-refractivity contribution >= 4 is 34.6 Å². The number of esters is 1. The molecule has 0 aliphatic rings. The number of amides is 2. The van der Waals surface area contributed by atoms with Gasteiger partial charge in [-0.1, -0.05) is 44.9 Å². The average molecular weight is 466 g/mol. The Bertz CT molecular complexity index is 977. The van der Waals surface area contributed by atoms with Crippen molar-refractivity contribution in [2.24, 2.45) is 0 Å². The summed E-state index contributed by atoms with van der Waals surface area (Å²) in [6, 6.07) is 13.4. The number of hydrogen-bond donors (Lipinski definition) is 2. The fraction of sp³-hybridized carbons (Fsp3) is 0.429. The number of hydrogen-bond acceptors (Lipinski definition) is 4. The van der Waals surface area contributed by atoms with E-state index in [2.05, 4.69) is 29.4 Å². The third-order valence-electron chi connectivity index (χ3n) is 5.50. The Hall–Kier alpha value is -3.28. The molecule has 2 aromatic carbocycles. The molecule has 6 nitrogen and oxygen atoms in total. The minimum Gasteiger partial charge on any atom is -0.463 e. The first-order chi connectivity index (χ1) is 16.4. The van der Waals surface area contributed by atoms with Gasteiger partial charge < -0.3 is 20.3 Å². The largest absolute Gasteiger partial charge is 0.463 e. The number of nitrogens with one attached hydrogen (secondary N) is 2. The van der Waals surface area contributed by atoms with E-state index in [1.165, 1.54) is 6.08 Å². The zero-order valence-electron chi connectivity index (χ0n) is 21.2. The lowest BCUT2D eigenvalue weighted by atomic mass is 10.0. The summed E-state index contributed by atoms with van der Waals surface area (Å²) in [5, 5.41) is 5.97. The van der Waals surface area contributed by atoms with Gasteiger partial charge in [0, 0.05) is 24.9 Å². The monoisotopic (exact) mass is 465 g/mol. The molecule has 34 heavy (non-hydrogen) atoms. The second-order valence-electron chi connectivity index (χ2n) is 8.45. The number of ether oxygens (including phenoxy) is 1. The summed E-state index contributed by atoms with van der Waals surface area (Å²) in [4.78, 5) is 27.2. The number of unbranched alkanes of at least 4 members (excludes halogenated alkanes) is 2. The summed E-state index contributed by atoms with van der Waals surface area (Å²) in [5.74, 6) is -0.372. The molecular formula is C28H39N3O3. The minimum atomic E-state index is -0.372. The molecule has 0 fully saturated rings. The Balaban J connectivity index is 2.39. The summed E-state index contributed by atoms with van der Waals surface area (Å²) < 4.78 is 5.05. The third-order valence-corrected chi connectivity index (χ3v) is 5.50. The molecule has 6 heteroatoms. The highest BCUT2D eigenvalue weighted by Crippen LogP contribution is 2.31. The van der Waals surface area contributed by atoms with Crippen molar-refractivity contribution in [3.05, 3.63) is 59.7 Å². The lowest BCUT2D eigenvalue weighted by Gasteiger charge is -2.28. The Labute approximate surface area is 204 Å². The van der Waals surface area contributed by atoms with Crippen LogP contribution in [0.5, 0.6) is 0 Å². The normalized spacial score (nSPS) is 11.1. The van der Waals surface area contributed by atoms with E-state index in [1.54, 1.807) is 6.92 Å². The van der Waals surface area contributed by atoms with Gasteiger partial charge >= 0.3 is 12.0 Å². The number of benzene rings is 2. The maximum absolute atomic E-state index is 12.9. The van der Waals surface area contributed by atoms with Gasteiger partial charge in [0.05, 0.1) is 18.0 Å². The van der Waals surface area contributed by atoms with Crippen molar-refractivity contribution < 1.29 is 14.3 Å². The van der Waals surface area contributed by atoms with Gasteiger partial charge in [0.25, 0.3) is 0 Å². The molecule has 2 N–H and O–H groups in total. The maximum atomic E-state index is 12.9. The highest BCUT2D eigenvalue weighted by molar-refractivity contribution is 6.02. The van der Waals surface area contributed by atoms with Crippen LogP contribution in [0, 0.1) is 6.92 Å². The number of nitrogens with zero attached hydrogens (tertiary/aromatic N) is 1. The fourth-order valence-electron chi connectivity index (χ4n) is 3.66. The maximum Gasteiger partial charge on any atom is 0.331 e. The number of aryl methyl sites for hydroxylation is 1. The van der Waals surface area contributed by atoms with Crippen LogP contribution in [0.25, 0.3) is 5.57 Å². The second kappa shape index (κ2) is 14.1. The molecule has 0 radical (unpaired) electrons. The standard InChI is InChI=1S/C28H39N3O3/c1-6-9-16-31(17-10-7-2)26-15-14-23(22(5)19-27(32)34-8-3)20-25(26)30-28(33)29-24-13-11-12-21(4)18-24/h11-15,18-20H,6-10,16-17H2,1-5H3,(H2,29,30,33)/b22-19+. The van der Waals surface area contributed by atoms with Crippen LogP contribution in [0.3, 0.4) is 0 Å². The minimum absolute atomic E-state index is 0.304. The quantitative estimate of drug-likeness (QED) is 0.261. The van der Waals surface area contributed by atoms with Crippen molar-refractivity contribution in [1.29, 1.82) is 0 Å². The summed E-state index contributed by atoms with van der Waals surface area (Å²) in [7, 11) is 0. The van der Waals surface area contributed by atoms with Crippen LogP contribution in [-0.2, 0) is 9.53 Å². The van der Waals surface area contributed by atoms with Gasteiger partial charge in [-0.25, -0.2) is 9.59 Å². The van der Waals surface area contributed by atoms with Gasteiger partial charge in [-0.05, 0) is 74.6 Å². The third kappa shape index (κ3) is 8.58. The lowest BCUT2D eigenvalue weighted by molar-refractivity contribution is -0.137. The lowest BCUT2D eigenvalue weighted by Crippen LogP contribution is -2.28. The Morgan fingerprint density at radius 3 is 2.29 bits per heavy atom. The van der Waals surface area contributed by atoms with E-state index in [0.29, 0.717) is 12.3 Å². The van der Waals surface area contributed by atoms with Crippen molar-refractivity contribution in [1.82, 2.24) is 0 Å². The first-order valence-corrected chi connectivity index (χ1v) is 12.3. The molecular weight excluding hydrogens is 426 g/mol. The van der Waals surface area contributed by atoms with Crippen molar-refractivity contribution in [3.8, 4) is 0 Å². The summed E-state index contributed by atoms with van der Waals surface area (Å²) in [5.41, 5.74) is 5.14. The van der Waals surface area contributed by atoms with E-state index in [4.69, 9.17) is 4.74 Å². The molecule has 184 valence electrons. The van der Waals surface area contributed by atoms with E-state index in [0.717, 1.165) is 66.8 Å². The number of anilines is 3. The second-order valence-corrected chi connectivity index (χ2v) is 8.45. The molecule has 0 aliphatic heterocycles. The van der Waals surface area contributed by atoms with Gasteiger partial charge in [-0.3, -0.25) is 0 Å². The summed E-state index contributed by atoms with van der Waals surface area (Å²) in [6.07, 6.45) is 5.82. The zero-order chi connectivity index (χ0) is 24.9. The van der Waals surface area contributed by atoms with Crippen molar-refractivity contribution in [3.63, 3.8) is 0 Å².